The van der Waals surface area contributed by atoms with Crippen molar-refractivity contribution in [3.05, 3.63) is 0 Å². The summed E-state index contributed by atoms with van der Waals surface area (Å²) in [6.45, 7) is 13.5. The van der Waals surface area contributed by atoms with Gasteiger partial charge in [0, 0.05) is 0 Å². The van der Waals surface area contributed by atoms with E-state index in [1.54, 1.807) is 0 Å². The molecule has 0 aromatic rings. The van der Waals surface area contributed by atoms with Crippen LogP contribution < -0.4 is 0 Å². The van der Waals surface area contributed by atoms with Crippen LogP contribution >= 0.6 is 0 Å². The fraction of sp³-hybridized carbons (Fsp3) is 1.00. The number of hydrogen-bond donors (Lipinski definition) is 1. The molecule has 0 radical (unpaired) electrons. The molecular formula is C17H38O8Si. The molecule has 0 rings (SSSR count). The molecule has 158 valence electrons. The quantitative estimate of drug-likeness (QED) is 0.226. The first-order chi connectivity index (χ1) is 12.6. The summed E-state index contributed by atoms with van der Waals surface area (Å²) < 4.78 is 37.6. The van der Waals surface area contributed by atoms with Crippen LogP contribution in [0, 0.1) is 0 Å². The predicted octanol–water partition coefficient (Wildman–Crippen LogP) is 0.930. The highest BCUT2D eigenvalue weighted by Crippen LogP contribution is 2.01. The molecule has 0 aliphatic carbocycles. The molecule has 0 aliphatic rings. The van der Waals surface area contributed by atoms with Crippen molar-refractivity contribution in [3.8, 4) is 0 Å². The van der Waals surface area contributed by atoms with E-state index in [-0.39, 0.29) is 6.61 Å². The Balaban J connectivity index is 3.01. The maximum Gasteiger partial charge on any atom is 0.183 e. The number of rotatable bonds is 21. The summed E-state index contributed by atoms with van der Waals surface area (Å²) in [6, 6.07) is 0. The van der Waals surface area contributed by atoms with Gasteiger partial charge >= 0.3 is 0 Å². The van der Waals surface area contributed by atoms with Gasteiger partial charge in [-0.15, -0.1) is 0 Å². The minimum atomic E-state index is -1.43. The lowest BCUT2D eigenvalue weighted by atomic mass is 10.7. The molecule has 0 fully saturated rings. The van der Waals surface area contributed by atoms with Gasteiger partial charge in [-0.2, -0.15) is 0 Å². The second-order valence-electron chi connectivity index (χ2n) is 6.36. The first-order valence-electron chi connectivity index (χ1n) is 9.27. The zero-order valence-corrected chi connectivity index (χ0v) is 17.7. The summed E-state index contributed by atoms with van der Waals surface area (Å²) in [5, 5.41) is 8.52. The summed E-state index contributed by atoms with van der Waals surface area (Å²) in [7, 11) is -1.43. The van der Waals surface area contributed by atoms with Crippen LogP contribution in [0.4, 0.5) is 0 Å². The molecule has 0 bridgehead atoms. The molecule has 0 heterocycles. The molecule has 0 atom stereocenters. The van der Waals surface area contributed by atoms with Gasteiger partial charge in [-0.25, -0.2) is 0 Å². The Morgan fingerprint density at radius 3 is 1.00 bits per heavy atom. The van der Waals surface area contributed by atoms with Crippen LogP contribution in [0.5, 0.6) is 0 Å². The van der Waals surface area contributed by atoms with Gasteiger partial charge in [-0.05, 0) is 19.6 Å². The molecule has 0 amide bonds. The average Bonchev–Trinajstić information content (AvgIpc) is 2.59. The minimum absolute atomic E-state index is 0.0379. The normalized spacial score (nSPS) is 12.0. The number of hydrogen-bond acceptors (Lipinski definition) is 8. The molecule has 0 aliphatic heterocycles. The number of aliphatic hydroxyl groups excluding tert-OH is 1. The van der Waals surface area contributed by atoms with E-state index in [9.17, 15) is 0 Å². The van der Waals surface area contributed by atoms with E-state index in [1.807, 2.05) is 0 Å². The Kier molecular flexibility index (Phi) is 19.6. The van der Waals surface area contributed by atoms with Gasteiger partial charge in [0.1, 0.15) is 0 Å². The molecular weight excluding hydrogens is 360 g/mol. The maximum absolute atomic E-state index is 8.52. The fourth-order valence-electron chi connectivity index (χ4n) is 1.67. The Labute approximate surface area is 159 Å². The topological polar surface area (TPSA) is 84.8 Å². The molecule has 0 spiro atoms. The van der Waals surface area contributed by atoms with E-state index in [2.05, 4.69) is 19.6 Å². The standard InChI is InChI=1S/C17H38O8Si/c1-26(2,3)25-17-16-24-15-14-23-13-12-22-11-10-21-9-8-20-7-6-19-5-4-18/h18H,4-17H2,1-3H3. The molecule has 0 aromatic carbocycles. The Hall–Kier alpha value is -0.103. The molecule has 0 saturated carbocycles. The monoisotopic (exact) mass is 398 g/mol. The van der Waals surface area contributed by atoms with Crippen molar-refractivity contribution in [2.24, 2.45) is 0 Å². The highest BCUT2D eigenvalue weighted by Gasteiger charge is 2.12. The highest BCUT2D eigenvalue weighted by atomic mass is 28.4. The molecule has 0 saturated heterocycles. The average molecular weight is 399 g/mol. The van der Waals surface area contributed by atoms with Gasteiger partial charge in [0.15, 0.2) is 8.32 Å². The van der Waals surface area contributed by atoms with E-state index in [0.29, 0.717) is 85.9 Å². The van der Waals surface area contributed by atoms with Crippen LogP contribution in [0.3, 0.4) is 0 Å². The van der Waals surface area contributed by atoms with E-state index >= 15 is 0 Å². The molecule has 9 heteroatoms. The predicted molar refractivity (Wildman–Crippen MR) is 101 cm³/mol. The van der Waals surface area contributed by atoms with E-state index in [4.69, 9.17) is 38.0 Å². The van der Waals surface area contributed by atoms with Crippen LogP contribution in [-0.2, 0) is 32.8 Å². The van der Waals surface area contributed by atoms with Gasteiger partial charge in [0.25, 0.3) is 0 Å². The van der Waals surface area contributed by atoms with Crippen molar-refractivity contribution >= 4 is 8.32 Å². The van der Waals surface area contributed by atoms with E-state index in [1.165, 1.54) is 0 Å². The first kappa shape index (κ1) is 25.9. The fourth-order valence-corrected chi connectivity index (χ4v) is 2.37. The van der Waals surface area contributed by atoms with Gasteiger partial charge in [0.05, 0.1) is 92.5 Å². The Morgan fingerprint density at radius 1 is 0.462 bits per heavy atom. The summed E-state index contributed by atoms with van der Waals surface area (Å²) in [5.74, 6) is 0. The highest BCUT2D eigenvalue weighted by molar-refractivity contribution is 6.69. The molecule has 8 nitrogen and oxygen atoms in total. The summed E-state index contributed by atoms with van der Waals surface area (Å²) >= 11 is 0. The van der Waals surface area contributed by atoms with Gasteiger partial charge in [-0.3, -0.25) is 0 Å². The largest absolute Gasteiger partial charge is 0.415 e. The SMILES string of the molecule is C[Si](C)(C)OCCOCCOCCOCCOCCOCCOCCO. The van der Waals surface area contributed by atoms with Gasteiger partial charge in [-0.1, -0.05) is 0 Å². The van der Waals surface area contributed by atoms with Crippen LogP contribution in [0.2, 0.25) is 19.6 Å². The van der Waals surface area contributed by atoms with E-state index < -0.39 is 8.32 Å². The lowest BCUT2D eigenvalue weighted by Gasteiger charge is -2.16. The first-order valence-corrected chi connectivity index (χ1v) is 12.7. The van der Waals surface area contributed by atoms with Crippen LogP contribution in [0.15, 0.2) is 0 Å². The van der Waals surface area contributed by atoms with Crippen molar-refractivity contribution < 1.29 is 38.0 Å². The zero-order valence-electron chi connectivity index (χ0n) is 16.7. The van der Waals surface area contributed by atoms with Crippen molar-refractivity contribution in [1.29, 1.82) is 0 Å². The number of ether oxygens (including phenoxy) is 6. The van der Waals surface area contributed by atoms with Crippen molar-refractivity contribution in [3.63, 3.8) is 0 Å². The van der Waals surface area contributed by atoms with Crippen LogP contribution in [0.1, 0.15) is 0 Å². The molecule has 0 unspecified atom stereocenters. The zero-order chi connectivity index (χ0) is 19.3. The Morgan fingerprint density at radius 2 is 0.731 bits per heavy atom. The second kappa shape index (κ2) is 19.7. The lowest BCUT2D eigenvalue weighted by molar-refractivity contribution is -0.0191. The number of aliphatic hydroxyl groups is 1. The second-order valence-corrected chi connectivity index (χ2v) is 10.9. The molecule has 1 N–H and O–H groups in total. The summed E-state index contributed by atoms with van der Waals surface area (Å²) in [6.07, 6.45) is 0. The van der Waals surface area contributed by atoms with Crippen molar-refractivity contribution in [2.75, 3.05) is 92.5 Å². The van der Waals surface area contributed by atoms with E-state index in [0.717, 1.165) is 0 Å². The van der Waals surface area contributed by atoms with Crippen molar-refractivity contribution in [1.82, 2.24) is 0 Å². The summed E-state index contributed by atoms with van der Waals surface area (Å²) in [4.78, 5) is 0. The third-order valence-corrected chi connectivity index (χ3v) is 3.93. The smallest absolute Gasteiger partial charge is 0.183 e. The molecule has 26 heavy (non-hydrogen) atoms. The third kappa shape index (κ3) is 23.9. The van der Waals surface area contributed by atoms with Crippen LogP contribution in [0.25, 0.3) is 0 Å². The lowest BCUT2D eigenvalue weighted by Crippen LogP contribution is -2.27. The van der Waals surface area contributed by atoms with Crippen molar-refractivity contribution in [2.45, 2.75) is 19.6 Å². The molecule has 0 aromatic heterocycles. The van der Waals surface area contributed by atoms with Gasteiger partial charge in [0.2, 0.25) is 0 Å². The summed E-state index contributed by atoms with van der Waals surface area (Å²) in [5.41, 5.74) is 0. The Bertz CT molecular complexity index is 276. The minimum Gasteiger partial charge on any atom is -0.415 e. The van der Waals surface area contributed by atoms with Crippen LogP contribution in [-0.4, -0.2) is 106 Å². The third-order valence-electron chi connectivity index (χ3n) is 2.86. The maximum atomic E-state index is 8.52. The van der Waals surface area contributed by atoms with Gasteiger partial charge < -0.3 is 38.0 Å².